The summed E-state index contributed by atoms with van der Waals surface area (Å²) >= 11 is 3.32. The minimum absolute atomic E-state index is 0.359. The maximum absolute atomic E-state index is 12.4. The molecule has 0 heterocycles. The number of aryl methyl sites for hydroxylation is 2. The molecule has 0 fully saturated rings. The average molecular weight is 486 g/mol. The molecule has 1 aliphatic carbocycles. The molecule has 0 saturated heterocycles. The number of nitrogens with zero attached hydrogens (tertiary/aromatic N) is 2. The van der Waals surface area contributed by atoms with Crippen LogP contribution in [0.1, 0.15) is 16.7 Å². The number of hydrazone groups is 1. The summed E-state index contributed by atoms with van der Waals surface area (Å²) in [4.78, 5) is 12.4. The second kappa shape index (κ2) is 8.20. The van der Waals surface area contributed by atoms with Crippen LogP contribution in [0.15, 0.2) is 64.2 Å². The number of sulfonamides is 1. The van der Waals surface area contributed by atoms with Crippen LogP contribution in [0.2, 0.25) is 0 Å². The van der Waals surface area contributed by atoms with Gasteiger partial charge in [-0.3, -0.25) is 9.10 Å². The van der Waals surface area contributed by atoms with Crippen molar-refractivity contribution in [2.24, 2.45) is 5.10 Å². The van der Waals surface area contributed by atoms with Gasteiger partial charge in [0.15, 0.2) is 0 Å². The number of anilines is 1. The van der Waals surface area contributed by atoms with Gasteiger partial charge in [-0.25, -0.2) is 13.8 Å². The van der Waals surface area contributed by atoms with Crippen molar-refractivity contribution in [3.05, 3.63) is 75.8 Å². The Kier molecular flexibility index (Phi) is 5.62. The summed E-state index contributed by atoms with van der Waals surface area (Å²) in [5.41, 5.74) is 6.42. The van der Waals surface area contributed by atoms with Gasteiger partial charge >= 0.3 is 0 Å². The Morgan fingerprint density at radius 2 is 1.80 bits per heavy atom. The number of benzene rings is 3. The number of rotatable bonds is 6. The van der Waals surface area contributed by atoms with Gasteiger partial charge in [-0.1, -0.05) is 46.3 Å². The molecule has 0 bridgehead atoms. The second-order valence-electron chi connectivity index (χ2n) is 7.19. The van der Waals surface area contributed by atoms with Gasteiger partial charge in [0.2, 0.25) is 10.0 Å². The summed E-state index contributed by atoms with van der Waals surface area (Å²) in [5.74, 6) is -0.523. The zero-order valence-electron chi connectivity index (χ0n) is 16.3. The van der Waals surface area contributed by atoms with E-state index in [9.17, 15) is 13.2 Å². The van der Waals surface area contributed by atoms with Gasteiger partial charge in [-0.15, -0.1) is 0 Å². The van der Waals surface area contributed by atoms with Gasteiger partial charge in [-0.2, -0.15) is 5.10 Å². The highest BCUT2D eigenvalue weighted by atomic mass is 79.9. The first-order valence-corrected chi connectivity index (χ1v) is 12.1. The molecule has 3 aromatic carbocycles. The molecule has 0 aromatic heterocycles. The van der Waals surface area contributed by atoms with Crippen LogP contribution in [0.25, 0.3) is 10.8 Å². The Hall–Kier alpha value is -2.71. The van der Waals surface area contributed by atoms with Crippen LogP contribution >= 0.6 is 15.9 Å². The molecule has 30 heavy (non-hydrogen) atoms. The van der Waals surface area contributed by atoms with Crippen LogP contribution in [0.5, 0.6) is 0 Å². The van der Waals surface area contributed by atoms with Crippen molar-refractivity contribution in [1.82, 2.24) is 5.43 Å². The molecule has 0 saturated carbocycles. The van der Waals surface area contributed by atoms with Gasteiger partial charge in [0.1, 0.15) is 6.54 Å². The van der Waals surface area contributed by atoms with Crippen LogP contribution in [0.4, 0.5) is 5.69 Å². The molecule has 0 aliphatic heterocycles. The minimum atomic E-state index is -3.63. The summed E-state index contributed by atoms with van der Waals surface area (Å²) in [6.07, 6.45) is 4.75. The molecule has 6 nitrogen and oxygen atoms in total. The Morgan fingerprint density at radius 1 is 1.10 bits per heavy atom. The third kappa shape index (κ3) is 4.24. The number of halogens is 1. The molecule has 8 heteroatoms. The highest BCUT2D eigenvalue weighted by molar-refractivity contribution is 9.10. The predicted octanol–water partition coefficient (Wildman–Crippen LogP) is 3.62. The Labute approximate surface area is 183 Å². The van der Waals surface area contributed by atoms with Crippen molar-refractivity contribution in [2.45, 2.75) is 12.8 Å². The molecule has 0 unspecified atom stereocenters. The number of carbonyl (C=O) groups is 1. The van der Waals surface area contributed by atoms with E-state index in [-0.39, 0.29) is 6.54 Å². The van der Waals surface area contributed by atoms with Crippen molar-refractivity contribution >= 4 is 54.5 Å². The van der Waals surface area contributed by atoms with Gasteiger partial charge in [0.25, 0.3) is 5.91 Å². The molecule has 154 valence electrons. The number of amides is 1. The molecule has 1 amide bonds. The topological polar surface area (TPSA) is 78.8 Å². The maximum atomic E-state index is 12.4. The zero-order chi connectivity index (χ0) is 21.3. The molecule has 0 radical (unpaired) electrons. The first-order valence-electron chi connectivity index (χ1n) is 9.41. The second-order valence-corrected chi connectivity index (χ2v) is 10.0. The monoisotopic (exact) mass is 485 g/mol. The zero-order valence-corrected chi connectivity index (χ0v) is 18.7. The summed E-state index contributed by atoms with van der Waals surface area (Å²) in [5, 5.41) is 6.44. The first kappa shape index (κ1) is 20.6. The van der Waals surface area contributed by atoms with E-state index in [1.165, 1.54) is 16.5 Å². The van der Waals surface area contributed by atoms with E-state index in [0.29, 0.717) is 5.69 Å². The summed E-state index contributed by atoms with van der Waals surface area (Å²) in [6.45, 7) is -0.359. The lowest BCUT2D eigenvalue weighted by Gasteiger charge is -2.21. The van der Waals surface area contributed by atoms with Gasteiger partial charge in [0, 0.05) is 10.0 Å². The van der Waals surface area contributed by atoms with Crippen LogP contribution in [0, 0.1) is 0 Å². The largest absolute Gasteiger partial charge is 0.271 e. The third-order valence-electron chi connectivity index (χ3n) is 5.11. The van der Waals surface area contributed by atoms with Crippen LogP contribution in [-0.2, 0) is 27.7 Å². The Bertz CT molecular complexity index is 1240. The van der Waals surface area contributed by atoms with Gasteiger partial charge in [0.05, 0.1) is 18.2 Å². The van der Waals surface area contributed by atoms with E-state index < -0.39 is 15.9 Å². The molecular formula is C22H20BrN3O3S. The fraction of sp³-hybridized carbons (Fsp3) is 0.182. The molecule has 1 N–H and O–H groups in total. The lowest BCUT2D eigenvalue weighted by atomic mass is 10.0. The molecule has 0 spiro atoms. The molecule has 3 aromatic rings. The summed E-state index contributed by atoms with van der Waals surface area (Å²) in [6, 6.07) is 17.0. The van der Waals surface area contributed by atoms with Crippen LogP contribution in [0.3, 0.4) is 0 Å². The SMILES string of the molecule is CS(=O)(=O)N(CC(=O)N/N=C\c1ccc2c3c(cccc13)CC2)c1ccc(Br)cc1. The number of hydrogen-bond donors (Lipinski definition) is 1. The van der Waals surface area contributed by atoms with E-state index >= 15 is 0 Å². The van der Waals surface area contributed by atoms with Crippen molar-refractivity contribution in [3.63, 3.8) is 0 Å². The van der Waals surface area contributed by atoms with Crippen LogP contribution < -0.4 is 9.73 Å². The van der Waals surface area contributed by atoms with Gasteiger partial charge < -0.3 is 0 Å². The fourth-order valence-electron chi connectivity index (χ4n) is 3.73. The van der Waals surface area contributed by atoms with E-state index in [4.69, 9.17) is 0 Å². The predicted molar refractivity (Wildman–Crippen MR) is 123 cm³/mol. The maximum Gasteiger partial charge on any atom is 0.260 e. The number of carbonyl (C=O) groups excluding carboxylic acids is 1. The normalized spacial score (nSPS) is 13.1. The van der Waals surface area contributed by atoms with Crippen LogP contribution in [-0.4, -0.2) is 33.3 Å². The molecular weight excluding hydrogens is 466 g/mol. The van der Waals surface area contributed by atoms with Gasteiger partial charge in [-0.05, 0) is 59.0 Å². The van der Waals surface area contributed by atoms with E-state index in [1.54, 1.807) is 30.5 Å². The molecule has 0 atom stereocenters. The van der Waals surface area contributed by atoms with Crippen molar-refractivity contribution < 1.29 is 13.2 Å². The average Bonchev–Trinajstić information content (AvgIpc) is 3.13. The van der Waals surface area contributed by atoms with E-state index in [2.05, 4.69) is 44.7 Å². The lowest BCUT2D eigenvalue weighted by molar-refractivity contribution is -0.119. The third-order valence-corrected chi connectivity index (χ3v) is 6.77. The smallest absolute Gasteiger partial charge is 0.260 e. The van der Waals surface area contributed by atoms with Crippen molar-refractivity contribution in [3.8, 4) is 0 Å². The minimum Gasteiger partial charge on any atom is -0.271 e. The summed E-state index contributed by atoms with van der Waals surface area (Å²) < 4.78 is 26.2. The lowest BCUT2D eigenvalue weighted by Crippen LogP contribution is -2.39. The molecule has 4 rings (SSSR count). The Morgan fingerprint density at radius 3 is 2.50 bits per heavy atom. The van der Waals surface area contributed by atoms with E-state index in [1.807, 2.05) is 12.1 Å². The summed E-state index contributed by atoms with van der Waals surface area (Å²) in [7, 11) is -3.63. The molecule has 1 aliphatic rings. The standard InChI is InChI=1S/C22H20BrN3O3S/c1-30(28,29)26(19-11-9-18(23)10-12-19)14-21(27)25-24-13-17-8-7-16-6-5-15-3-2-4-20(17)22(15)16/h2-4,7-13H,5-6,14H2,1H3,(H,25,27)/b24-13-. The highest BCUT2D eigenvalue weighted by Gasteiger charge is 2.20. The number of hydrogen-bond acceptors (Lipinski definition) is 4. The quantitative estimate of drug-likeness (QED) is 0.427. The van der Waals surface area contributed by atoms with E-state index in [0.717, 1.165) is 38.8 Å². The highest BCUT2D eigenvalue weighted by Crippen LogP contribution is 2.32. The van der Waals surface area contributed by atoms with Crippen molar-refractivity contribution in [2.75, 3.05) is 17.1 Å². The van der Waals surface area contributed by atoms with Crippen molar-refractivity contribution in [1.29, 1.82) is 0 Å². The number of nitrogens with one attached hydrogen (secondary N) is 1. The first-order chi connectivity index (χ1) is 14.3. The Balaban J connectivity index is 1.50. The fourth-order valence-corrected chi connectivity index (χ4v) is 4.85.